The minimum Gasteiger partial charge on any atom is -0.378 e. The predicted molar refractivity (Wildman–Crippen MR) is 58.5 cm³/mol. The SMILES string of the molecule is C=C(/C=C(\C)CNCNC)N(C)C. The first-order chi connectivity index (χ1) is 6.07. The number of nitrogens with one attached hydrogen (secondary N) is 2. The first-order valence-corrected chi connectivity index (χ1v) is 4.46. The van der Waals surface area contributed by atoms with E-state index in [1.54, 1.807) is 0 Å². The third-order valence-corrected chi connectivity index (χ3v) is 1.69. The van der Waals surface area contributed by atoms with Gasteiger partial charge in [-0.05, 0) is 20.0 Å². The molecule has 13 heavy (non-hydrogen) atoms. The van der Waals surface area contributed by atoms with Crippen LogP contribution in [-0.2, 0) is 0 Å². The highest BCUT2D eigenvalue weighted by Gasteiger charge is 1.93. The Morgan fingerprint density at radius 2 is 2.08 bits per heavy atom. The van der Waals surface area contributed by atoms with Gasteiger partial charge in [0, 0.05) is 33.0 Å². The van der Waals surface area contributed by atoms with Crippen LogP contribution in [0.1, 0.15) is 6.92 Å². The summed E-state index contributed by atoms with van der Waals surface area (Å²) in [5, 5.41) is 6.27. The Morgan fingerprint density at radius 3 is 2.54 bits per heavy atom. The van der Waals surface area contributed by atoms with Crippen molar-refractivity contribution in [2.24, 2.45) is 0 Å². The molecule has 0 saturated heterocycles. The van der Waals surface area contributed by atoms with Gasteiger partial charge in [0.05, 0.1) is 0 Å². The highest BCUT2D eigenvalue weighted by Crippen LogP contribution is 2.00. The number of rotatable bonds is 6. The van der Waals surface area contributed by atoms with Gasteiger partial charge in [0.25, 0.3) is 0 Å². The summed E-state index contributed by atoms with van der Waals surface area (Å²) >= 11 is 0. The zero-order valence-corrected chi connectivity index (χ0v) is 9.15. The van der Waals surface area contributed by atoms with Crippen LogP contribution in [0.25, 0.3) is 0 Å². The number of allylic oxidation sites excluding steroid dienone is 1. The molecular weight excluding hydrogens is 162 g/mol. The molecule has 0 aliphatic rings. The van der Waals surface area contributed by atoms with Gasteiger partial charge in [0.2, 0.25) is 0 Å². The van der Waals surface area contributed by atoms with E-state index in [1.165, 1.54) is 5.57 Å². The van der Waals surface area contributed by atoms with E-state index in [2.05, 4.69) is 30.2 Å². The Balaban J connectivity index is 3.81. The lowest BCUT2D eigenvalue weighted by Crippen LogP contribution is -2.27. The lowest BCUT2D eigenvalue weighted by Gasteiger charge is -2.13. The maximum atomic E-state index is 3.93. The Kier molecular flexibility index (Phi) is 6.28. The van der Waals surface area contributed by atoms with Crippen molar-refractivity contribution in [2.45, 2.75) is 6.92 Å². The minimum atomic E-state index is 0.833. The van der Waals surface area contributed by atoms with E-state index < -0.39 is 0 Å². The monoisotopic (exact) mass is 183 g/mol. The molecule has 0 spiro atoms. The molecule has 76 valence electrons. The van der Waals surface area contributed by atoms with Crippen LogP contribution in [0.2, 0.25) is 0 Å². The molecule has 0 heterocycles. The number of hydrogen-bond acceptors (Lipinski definition) is 3. The van der Waals surface area contributed by atoms with Crippen molar-refractivity contribution in [2.75, 3.05) is 34.4 Å². The molecule has 0 radical (unpaired) electrons. The fraction of sp³-hybridized carbons (Fsp3) is 0.600. The molecule has 0 bridgehead atoms. The van der Waals surface area contributed by atoms with Crippen molar-refractivity contribution in [1.29, 1.82) is 0 Å². The summed E-state index contributed by atoms with van der Waals surface area (Å²) in [6, 6.07) is 0. The van der Waals surface area contributed by atoms with Gasteiger partial charge >= 0.3 is 0 Å². The summed E-state index contributed by atoms with van der Waals surface area (Å²) in [4.78, 5) is 2.00. The van der Waals surface area contributed by atoms with Gasteiger partial charge in [-0.1, -0.05) is 12.2 Å². The summed E-state index contributed by atoms with van der Waals surface area (Å²) < 4.78 is 0. The average Bonchev–Trinajstić information content (AvgIpc) is 2.04. The molecule has 0 unspecified atom stereocenters. The van der Waals surface area contributed by atoms with Crippen LogP contribution in [0, 0.1) is 0 Å². The van der Waals surface area contributed by atoms with Crippen LogP contribution in [0.15, 0.2) is 23.9 Å². The molecule has 0 amide bonds. The molecule has 0 aromatic heterocycles. The van der Waals surface area contributed by atoms with Crippen molar-refractivity contribution in [3.63, 3.8) is 0 Å². The third-order valence-electron chi connectivity index (χ3n) is 1.69. The number of likely N-dealkylation sites (N-methyl/N-ethyl adjacent to an activating group) is 1. The molecule has 3 nitrogen and oxygen atoms in total. The Bertz CT molecular complexity index is 183. The lowest BCUT2D eigenvalue weighted by molar-refractivity contribution is 0.531. The van der Waals surface area contributed by atoms with Gasteiger partial charge in [-0.2, -0.15) is 0 Å². The van der Waals surface area contributed by atoms with E-state index >= 15 is 0 Å². The van der Waals surface area contributed by atoms with E-state index in [9.17, 15) is 0 Å². The number of nitrogens with zero attached hydrogens (tertiary/aromatic N) is 1. The van der Waals surface area contributed by atoms with Gasteiger partial charge in [-0.25, -0.2) is 0 Å². The Morgan fingerprint density at radius 1 is 1.46 bits per heavy atom. The van der Waals surface area contributed by atoms with Crippen LogP contribution in [-0.4, -0.2) is 39.3 Å². The van der Waals surface area contributed by atoms with Crippen molar-refractivity contribution in [3.8, 4) is 0 Å². The van der Waals surface area contributed by atoms with Gasteiger partial charge in [0.1, 0.15) is 0 Å². The van der Waals surface area contributed by atoms with Crippen LogP contribution >= 0.6 is 0 Å². The van der Waals surface area contributed by atoms with Crippen LogP contribution in [0.3, 0.4) is 0 Å². The quantitative estimate of drug-likeness (QED) is 0.362. The van der Waals surface area contributed by atoms with Gasteiger partial charge in [0.15, 0.2) is 0 Å². The zero-order valence-electron chi connectivity index (χ0n) is 9.15. The van der Waals surface area contributed by atoms with E-state index in [-0.39, 0.29) is 0 Å². The first kappa shape index (κ1) is 12.2. The fourth-order valence-electron chi connectivity index (χ4n) is 0.849. The summed E-state index contributed by atoms with van der Waals surface area (Å²) in [6.45, 7) is 7.75. The maximum Gasteiger partial charge on any atom is 0.0454 e. The third kappa shape index (κ3) is 6.37. The second-order valence-corrected chi connectivity index (χ2v) is 3.33. The van der Waals surface area contributed by atoms with Crippen molar-refractivity contribution in [1.82, 2.24) is 15.5 Å². The molecule has 0 aliphatic carbocycles. The molecular formula is C10H21N3. The highest BCUT2D eigenvalue weighted by atomic mass is 15.1. The molecule has 0 aromatic carbocycles. The van der Waals surface area contributed by atoms with E-state index in [4.69, 9.17) is 0 Å². The second-order valence-electron chi connectivity index (χ2n) is 3.33. The second kappa shape index (κ2) is 6.69. The van der Waals surface area contributed by atoms with Crippen molar-refractivity contribution >= 4 is 0 Å². The van der Waals surface area contributed by atoms with Crippen molar-refractivity contribution in [3.05, 3.63) is 23.9 Å². The fourth-order valence-corrected chi connectivity index (χ4v) is 0.849. The summed E-state index contributed by atoms with van der Waals surface area (Å²) in [5.41, 5.74) is 2.32. The molecule has 0 saturated carbocycles. The average molecular weight is 183 g/mol. The molecule has 0 fully saturated rings. The molecule has 0 aromatic rings. The standard InChI is InChI=1S/C10H21N3/c1-9(7-12-8-11-3)6-10(2)13(4)5/h6,11-12H,2,7-8H2,1,3-5H3/b9-6+. The van der Waals surface area contributed by atoms with Gasteiger partial charge < -0.3 is 15.5 Å². The highest BCUT2D eigenvalue weighted by molar-refractivity contribution is 5.18. The minimum absolute atomic E-state index is 0.833. The topological polar surface area (TPSA) is 27.3 Å². The summed E-state index contributed by atoms with van der Waals surface area (Å²) in [7, 11) is 5.91. The summed E-state index contributed by atoms with van der Waals surface area (Å²) in [6.07, 6.45) is 2.09. The molecule has 0 rings (SSSR count). The van der Waals surface area contributed by atoms with E-state index in [0.717, 1.165) is 18.9 Å². The van der Waals surface area contributed by atoms with Crippen LogP contribution in [0.4, 0.5) is 0 Å². The molecule has 0 atom stereocenters. The molecule has 2 N–H and O–H groups in total. The van der Waals surface area contributed by atoms with Gasteiger partial charge in [-0.3, -0.25) is 0 Å². The maximum absolute atomic E-state index is 3.93. The van der Waals surface area contributed by atoms with E-state index in [1.807, 2.05) is 26.0 Å². The molecule has 0 aliphatic heterocycles. The van der Waals surface area contributed by atoms with Gasteiger partial charge in [-0.15, -0.1) is 0 Å². The molecule has 3 heteroatoms. The van der Waals surface area contributed by atoms with Crippen molar-refractivity contribution < 1.29 is 0 Å². The van der Waals surface area contributed by atoms with Crippen LogP contribution in [0.5, 0.6) is 0 Å². The zero-order chi connectivity index (χ0) is 10.3. The lowest BCUT2D eigenvalue weighted by atomic mass is 10.2. The number of hydrogen-bond donors (Lipinski definition) is 2. The van der Waals surface area contributed by atoms with Crippen LogP contribution < -0.4 is 10.6 Å². The Hall–Kier alpha value is -0.800. The summed E-state index contributed by atoms with van der Waals surface area (Å²) in [5.74, 6) is 0. The normalized spacial score (nSPS) is 11.5. The predicted octanol–water partition coefficient (Wildman–Crippen LogP) is 0.774. The smallest absolute Gasteiger partial charge is 0.0454 e. The largest absolute Gasteiger partial charge is 0.378 e. The van der Waals surface area contributed by atoms with E-state index in [0.29, 0.717) is 0 Å². The first-order valence-electron chi connectivity index (χ1n) is 4.46. The Labute approximate surface area is 81.5 Å².